The third-order valence-corrected chi connectivity index (χ3v) is 0.837. The van der Waals surface area contributed by atoms with Crippen molar-refractivity contribution in [2.75, 3.05) is 13.1 Å². The minimum atomic E-state index is 0. The Kier molecular flexibility index (Phi) is 4.80. The average Bonchev–Trinajstić information content (AvgIpc) is 1.72. The molecule has 1 aliphatic rings. The Bertz CT molecular complexity index is 53.1. The minimum absolute atomic E-state index is 0. The summed E-state index contributed by atoms with van der Waals surface area (Å²) in [6.45, 7) is 2.12. The largest absolute Gasteiger partial charge is 0.498 e. The molecule has 0 aromatic rings. The van der Waals surface area contributed by atoms with Crippen LogP contribution in [0.25, 0.3) is 0 Å². The van der Waals surface area contributed by atoms with E-state index >= 15 is 0 Å². The van der Waals surface area contributed by atoms with Crippen LogP contribution >= 0.6 is 0 Å². The molecule has 0 radical (unpaired) electrons. The van der Waals surface area contributed by atoms with E-state index in [2.05, 4.69) is 11.4 Å². The van der Waals surface area contributed by atoms with Crippen LogP contribution in [-0.2, 0) is 21.1 Å². The fourth-order valence-corrected chi connectivity index (χ4v) is 0.509. The van der Waals surface area contributed by atoms with Gasteiger partial charge in [-0.2, -0.15) is 6.42 Å². The molecule has 0 unspecified atom stereocenters. The summed E-state index contributed by atoms with van der Waals surface area (Å²) in [5.41, 5.74) is 0. The van der Waals surface area contributed by atoms with Crippen LogP contribution in [0.3, 0.4) is 0 Å². The molecule has 0 amide bonds. The van der Waals surface area contributed by atoms with Gasteiger partial charge in [0.15, 0.2) is 0 Å². The maximum atomic E-state index is 3.17. The third-order valence-electron chi connectivity index (χ3n) is 0.837. The van der Waals surface area contributed by atoms with Crippen LogP contribution in [0.15, 0.2) is 6.08 Å². The number of hydrogen-bond acceptors (Lipinski definition) is 1. The summed E-state index contributed by atoms with van der Waals surface area (Å²) in [6.07, 6.45) is 6.21. The number of hydrogen-bond donors (Lipinski definition) is 1. The second-order valence-corrected chi connectivity index (χ2v) is 1.36. The van der Waals surface area contributed by atoms with Crippen molar-refractivity contribution >= 4 is 0 Å². The SMILES string of the molecule is [C-]1=CCNCC1.[W]. The van der Waals surface area contributed by atoms with Crippen LogP contribution in [-0.4, -0.2) is 13.1 Å². The van der Waals surface area contributed by atoms with Crippen LogP contribution in [0.1, 0.15) is 6.42 Å². The van der Waals surface area contributed by atoms with E-state index in [1.54, 1.807) is 0 Å². The first-order valence-electron chi connectivity index (χ1n) is 2.26. The van der Waals surface area contributed by atoms with Gasteiger partial charge in [0, 0.05) is 21.1 Å². The summed E-state index contributed by atoms with van der Waals surface area (Å²) >= 11 is 0. The first-order chi connectivity index (χ1) is 3.00. The van der Waals surface area contributed by atoms with Gasteiger partial charge < -0.3 is 11.4 Å². The first-order valence-corrected chi connectivity index (χ1v) is 2.26. The van der Waals surface area contributed by atoms with Gasteiger partial charge in [-0.05, 0) is 13.1 Å². The Morgan fingerprint density at radius 2 is 2.43 bits per heavy atom. The molecule has 7 heavy (non-hydrogen) atoms. The zero-order chi connectivity index (χ0) is 4.24. The van der Waals surface area contributed by atoms with E-state index in [-0.39, 0.29) is 21.1 Å². The van der Waals surface area contributed by atoms with Crippen molar-refractivity contribution in [2.24, 2.45) is 0 Å². The van der Waals surface area contributed by atoms with Crippen LogP contribution in [0.5, 0.6) is 0 Å². The molecule has 0 spiro atoms. The fraction of sp³-hybridized carbons (Fsp3) is 0.600. The third kappa shape index (κ3) is 3.01. The summed E-state index contributed by atoms with van der Waals surface area (Å²) in [5.74, 6) is 0. The Morgan fingerprint density at radius 1 is 1.57 bits per heavy atom. The second-order valence-electron chi connectivity index (χ2n) is 1.36. The van der Waals surface area contributed by atoms with E-state index in [1.807, 2.05) is 6.08 Å². The van der Waals surface area contributed by atoms with Gasteiger partial charge in [0.05, 0.1) is 0 Å². The first kappa shape index (κ1) is 7.39. The standard InChI is InChI=1S/C5H8N.W/c1-2-4-6-5-3-1;/h2,6H,3-5H2;/q-1;. The van der Waals surface area contributed by atoms with E-state index in [4.69, 9.17) is 0 Å². The van der Waals surface area contributed by atoms with Crippen LogP contribution in [0, 0.1) is 6.08 Å². The molecular formula is C5H8NW-. The van der Waals surface area contributed by atoms with Gasteiger partial charge in [0.1, 0.15) is 0 Å². The van der Waals surface area contributed by atoms with E-state index < -0.39 is 0 Å². The molecule has 0 aliphatic carbocycles. The van der Waals surface area contributed by atoms with Crippen LogP contribution in [0.4, 0.5) is 0 Å². The summed E-state index contributed by atoms with van der Waals surface area (Å²) in [6, 6.07) is 0. The monoisotopic (exact) mass is 266 g/mol. The van der Waals surface area contributed by atoms with Crippen molar-refractivity contribution in [1.29, 1.82) is 0 Å². The molecule has 1 nitrogen and oxygen atoms in total. The zero-order valence-corrected chi connectivity index (χ0v) is 7.04. The molecule has 40 valence electrons. The summed E-state index contributed by atoms with van der Waals surface area (Å²) in [4.78, 5) is 0. The molecule has 2 heteroatoms. The van der Waals surface area contributed by atoms with Crippen LogP contribution < -0.4 is 5.32 Å². The average molecular weight is 266 g/mol. The Morgan fingerprint density at radius 3 is 2.57 bits per heavy atom. The normalized spacial score (nSPS) is 18.3. The molecule has 1 heterocycles. The molecule has 0 aromatic carbocycles. The molecule has 1 rings (SSSR count). The number of rotatable bonds is 0. The molecule has 0 aromatic heterocycles. The number of nitrogens with one attached hydrogen (secondary N) is 1. The summed E-state index contributed by atoms with van der Waals surface area (Å²) < 4.78 is 0. The van der Waals surface area contributed by atoms with Crippen molar-refractivity contribution in [2.45, 2.75) is 6.42 Å². The van der Waals surface area contributed by atoms with Crippen LogP contribution in [0.2, 0.25) is 0 Å². The Hall–Kier alpha value is 0.388. The quantitative estimate of drug-likeness (QED) is 0.623. The van der Waals surface area contributed by atoms with Crippen molar-refractivity contribution in [1.82, 2.24) is 5.32 Å². The molecular weight excluding hydrogens is 258 g/mol. The van der Waals surface area contributed by atoms with Gasteiger partial charge in [-0.1, -0.05) is 0 Å². The van der Waals surface area contributed by atoms with Crippen molar-refractivity contribution < 1.29 is 21.1 Å². The zero-order valence-electron chi connectivity index (χ0n) is 4.11. The molecule has 0 atom stereocenters. The van der Waals surface area contributed by atoms with Gasteiger partial charge >= 0.3 is 0 Å². The molecule has 1 aliphatic heterocycles. The maximum Gasteiger partial charge on any atom is 0 e. The predicted molar refractivity (Wildman–Crippen MR) is 25.3 cm³/mol. The molecule has 0 saturated carbocycles. The molecule has 0 bridgehead atoms. The Labute approximate surface area is 58.4 Å². The van der Waals surface area contributed by atoms with Gasteiger partial charge in [-0.25, -0.2) is 0 Å². The maximum absolute atomic E-state index is 3.17. The minimum Gasteiger partial charge on any atom is -0.498 e. The smallest absolute Gasteiger partial charge is 0 e. The van der Waals surface area contributed by atoms with Gasteiger partial charge in [-0.3, -0.25) is 6.08 Å². The van der Waals surface area contributed by atoms with Crippen molar-refractivity contribution in [3.05, 3.63) is 12.2 Å². The van der Waals surface area contributed by atoms with Gasteiger partial charge in [-0.15, -0.1) is 0 Å². The van der Waals surface area contributed by atoms with E-state index in [0.717, 1.165) is 19.5 Å². The molecule has 0 saturated heterocycles. The van der Waals surface area contributed by atoms with Gasteiger partial charge in [0.2, 0.25) is 0 Å². The second kappa shape index (κ2) is 4.54. The fourth-order valence-electron chi connectivity index (χ4n) is 0.509. The van der Waals surface area contributed by atoms with Gasteiger partial charge in [0.25, 0.3) is 0 Å². The topological polar surface area (TPSA) is 12.0 Å². The molecule has 1 N–H and O–H groups in total. The van der Waals surface area contributed by atoms with E-state index in [9.17, 15) is 0 Å². The predicted octanol–water partition coefficient (Wildman–Crippen LogP) is 0.337. The Balaban J connectivity index is 0.000000360. The summed E-state index contributed by atoms with van der Waals surface area (Å²) in [7, 11) is 0. The van der Waals surface area contributed by atoms with Crippen molar-refractivity contribution in [3.63, 3.8) is 0 Å². The summed E-state index contributed by atoms with van der Waals surface area (Å²) in [5, 5.41) is 3.17. The van der Waals surface area contributed by atoms with E-state index in [0.29, 0.717) is 0 Å². The van der Waals surface area contributed by atoms with E-state index in [1.165, 1.54) is 0 Å². The molecule has 0 fully saturated rings. The van der Waals surface area contributed by atoms with Crippen molar-refractivity contribution in [3.8, 4) is 0 Å².